The van der Waals surface area contributed by atoms with E-state index < -0.39 is 0 Å². The fourth-order valence-corrected chi connectivity index (χ4v) is 5.90. The van der Waals surface area contributed by atoms with Crippen LogP contribution in [0, 0.1) is 0 Å². The molecule has 0 aliphatic carbocycles. The Hall–Kier alpha value is -4.69. The van der Waals surface area contributed by atoms with Crippen LogP contribution in [0.1, 0.15) is 32.6 Å². The van der Waals surface area contributed by atoms with Crippen LogP contribution in [0.4, 0.5) is 0 Å². The standard InChI is InChI=1S/C36H26O2/c37-34(27-10-3-1-4-11-27)29-17-15-26-16-18-30-23-36(31-13-5-2-6-14-31,24-38-35(30)33(26)22-29)32-20-19-25-9-7-8-12-28(25)21-32/h1-22H,23-24H2. The lowest BCUT2D eigenvalue weighted by molar-refractivity contribution is 0.103. The Morgan fingerprint density at radius 1 is 0.579 bits per heavy atom. The first-order valence-electron chi connectivity index (χ1n) is 13.0. The second kappa shape index (κ2) is 9.00. The fraction of sp³-hybridized carbons (Fsp3) is 0.0833. The van der Waals surface area contributed by atoms with E-state index in [0.717, 1.165) is 28.5 Å². The van der Waals surface area contributed by atoms with Crippen LogP contribution in [0.15, 0.2) is 133 Å². The van der Waals surface area contributed by atoms with Crippen molar-refractivity contribution in [2.24, 2.45) is 0 Å². The summed E-state index contributed by atoms with van der Waals surface area (Å²) in [6.45, 7) is 0.526. The van der Waals surface area contributed by atoms with Crippen molar-refractivity contribution in [2.45, 2.75) is 11.8 Å². The minimum atomic E-state index is -0.316. The number of benzene rings is 6. The van der Waals surface area contributed by atoms with Gasteiger partial charge in [-0.25, -0.2) is 0 Å². The van der Waals surface area contributed by atoms with Gasteiger partial charge in [0.1, 0.15) is 12.4 Å². The van der Waals surface area contributed by atoms with Crippen LogP contribution in [0.2, 0.25) is 0 Å². The molecular formula is C36H26O2. The Labute approximate surface area is 222 Å². The molecule has 2 nitrogen and oxygen atoms in total. The number of hydrogen-bond acceptors (Lipinski definition) is 2. The van der Waals surface area contributed by atoms with Crippen molar-refractivity contribution < 1.29 is 9.53 Å². The first-order chi connectivity index (χ1) is 18.7. The molecule has 6 aromatic carbocycles. The topological polar surface area (TPSA) is 26.3 Å². The molecule has 0 N–H and O–H groups in total. The lowest BCUT2D eigenvalue weighted by Gasteiger charge is -2.39. The van der Waals surface area contributed by atoms with Gasteiger partial charge < -0.3 is 4.74 Å². The highest BCUT2D eigenvalue weighted by atomic mass is 16.5. The highest BCUT2D eigenvalue weighted by Crippen LogP contribution is 2.45. The van der Waals surface area contributed by atoms with Crippen molar-refractivity contribution in [1.29, 1.82) is 0 Å². The molecule has 182 valence electrons. The summed E-state index contributed by atoms with van der Waals surface area (Å²) in [6.07, 6.45) is 0.817. The Morgan fingerprint density at radius 2 is 1.26 bits per heavy atom. The van der Waals surface area contributed by atoms with Gasteiger partial charge in [-0.3, -0.25) is 4.79 Å². The van der Waals surface area contributed by atoms with Crippen LogP contribution in [0.3, 0.4) is 0 Å². The summed E-state index contributed by atoms with van der Waals surface area (Å²) in [4.78, 5) is 13.2. The van der Waals surface area contributed by atoms with Gasteiger partial charge in [-0.15, -0.1) is 0 Å². The SMILES string of the molecule is O=C(c1ccccc1)c1ccc2ccc3c(c2c1)OCC(c1ccccc1)(c1ccc2ccccc2c1)C3. The summed E-state index contributed by atoms with van der Waals surface area (Å²) in [5.41, 5.74) is 4.70. The van der Waals surface area contributed by atoms with Gasteiger partial charge in [-0.1, -0.05) is 127 Å². The highest BCUT2D eigenvalue weighted by Gasteiger charge is 2.40. The Morgan fingerprint density at radius 3 is 2.08 bits per heavy atom. The molecule has 0 amide bonds. The molecule has 1 aliphatic rings. The number of hydrogen-bond donors (Lipinski definition) is 0. The second-order valence-electron chi connectivity index (χ2n) is 10.2. The Bertz CT molecular complexity index is 1800. The molecule has 1 unspecified atom stereocenters. The van der Waals surface area contributed by atoms with E-state index in [1.54, 1.807) is 0 Å². The maximum Gasteiger partial charge on any atom is 0.193 e. The van der Waals surface area contributed by atoms with E-state index >= 15 is 0 Å². The lowest BCUT2D eigenvalue weighted by atomic mass is 9.69. The van der Waals surface area contributed by atoms with E-state index in [1.807, 2.05) is 48.5 Å². The van der Waals surface area contributed by atoms with Crippen LogP contribution >= 0.6 is 0 Å². The van der Waals surface area contributed by atoms with Crippen LogP contribution in [0.25, 0.3) is 21.5 Å². The van der Waals surface area contributed by atoms with Gasteiger partial charge in [-0.05, 0) is 45.3 Å². The van der Waals surface area contributed by atoms with Gasteiger partial charge in [0.2, 0.25) is 0 Å². The number of carbonyl (C=O) groups is 1. The summed E-state index contributed by atoms with van der Waals surface area (Å²) in [5.74, 6) is 0.910. The largest absolute Gasteiger partial charge is 0.491 e. The van der Waals surface area contributed by atoms with E-state index in [4.69, 9.17) is 4.74 Å². The molecule has 0 saturated carbocycles. The van der Waals surface area contributed by atoms with Gasteiger partial charge in [0.05, 0.1) is 5.41 Å². The van der Waals surface area contributed by atoms with Crippen LogP contribution in [-0.4, -0.2) is 12.4 Å². The fourth-order valence-electron chi connectivity index (χ4n) is 5.90. The van der Waals surface area contributed by atoms with Crippen molar-refractivity contribution in [3.63, 3.8) is 0 Å². The first-order valence-corrected chi connectivity index (χ1v) is 13.0. The second-order valence-corrected chi connectivity index (χ2v) is 10.2. The number of ether oxygens (including phenoxy) is 1. The van der Waals surface area contributed by atoms with E-state index in [-0.39, 0.29) is 11.2 Å². The van der Waals surface area contributed by atoms with Gasteiger partial charge in [0.15, 0.2) is 5.78 Å². The van der Waals surface area contributed by atoms with Gasteiger partial charge in [-0.2, -0.15) is 0 Å². The predicted octanol–water partition coefficient (Wildman–Crippen LogP) is 8.15. The van der Waals surface area contributed by atoms with Crippen LogP contribution in [-0.2, 0) is 11.8 Å². The molecular weight excluding hydrogens is 464 g/mol. The molecule has 7 rings (SSSR count). The number of carbonyl (C=O) groups excluding carboxylic acids is 1. The number of rotatable bonds is 4. The average Bonchev–Trinajstić information content (AvgIpc) is 3.00. The van der Waals surface area contributed by atoms with Gasteiger partial charge >= 0.3 is 0 Å². The zero-order valence-corrected chi connectivity index (χ0v) is 20.9. The molecule has 2 heteroatoms. The lowest BCUT2D eigenvalue weighted by Crippen LogP contribution is -2.40. The molecule has 1 atom stereocenters. The molecule has 0 fully saturated rings. The molecule has 6 aromatic rings. The zero-order chi connectivity index (χ0) is 25.5. The van der Waals surface area contributed by atoms with E-state index in [0.29, 0.717) is 17.7 Å². The van der Waals surface area contributed by atoms with E-state index in [2.05, 4.69) is 84.9 Å². The van der Waals surface area contributed by atoms with Gasteiger partial charge in [0.25, 0.3) is 0 Å². The Balaban J connectivity index is 1.36. The summed E-state index contributed by atoms with van der Waals surface area (Å²) in [6, 6.07) is 45.7. The Kier molecular flexibility index (Phi) is 5.33. The van der Waals surface area contributed by atoms with Crippen molar-refractivity contribution in [1.82, 2.24) is 0 Å². The first kappa shape index (κ1) is 22.5. The molecule has 0 spiro atoms. The summed E-state index contributed by atoms with van der Waals surface area (Å²) >= 11 is 0. The van der Waals surface area contributed by atoms with Crippen molar-refractivity contribution in [3.8, 4) is 5.75 Å². The van der Waals surface area contributed by atoms with Crippen molar-refractivity contribution >= 4 is 27.3 Å². The minimum Gasteiger partial charge on any atom is -0.491 e. The van der Waals surface area contributed by atoms with E-state index in [9.17, 15) is 4.79 Å². The normalized spacial score (nSPS) is 16.6. The molecule has 0 radical (unpaired) electrons. The third-order valence-corrected chi connectivity index (χ3v) is 7.94. The third-order valence-electron chi connectivity index (χ3n) is 7.94. The van der Waals surface area contributed by atoms with E-state index in [1.165, 1.54) is 21.9 Å². The number of fused-ring (bicyclic) bond motifs is 4. The van der Waals surface area contributed by atoms with Crippen molar-refractivity contribution in [2.75, 3.05) is 6.61 Å². The molecule has 1 heterocycles. The monoisotopic (exact) mass is 490 g/mol. The van der Waals surface area contributed by atoms with Crippen LogP contribution < -0.4 is 4.74 Å². The highest BCUT2D eigenvalue weighted by molar-refractivity contribution is 6.11. The molecule has 0 aromatic heterocycles. The zero-order valence-electron chi connectivity index (χ0n) is 20.9. The average molecular weight is 491 g/mol. The maximum atomic E-state index is 13.2. The molecule has 1 aliphatic heterocycles. The van der Waals surface area contributed by atoms with Crippen LogP contribution in [0.5, 0.6) is 5.75 Å². The maximum absolute atomic E-state index is 13.2. The number of ketones is 1. The molecule has 38 heavy (non-hydrogen) atoms. The minimum absolute atomic E-state index is 0.0238. The molecule has 0 saturated heterocycles. The quantitative estimate of drug-likeness (QED) is 0.233. The summed E-state index contributed by atoms with van der Waals surface area (Å²) in [7, 11) is 0. The smallest absolute Gasteiger partial charge is 0.193 e. The summed E-state index contributed by atoms with van der Waals surface area (Å²) in [5, 5.41) is 4.53. The third kappa shape index (κ3) is 3.69. The molecule has 0 bridgehead atoms. The predicted molar refractivity (Wildman–Crippen MR) is 154 cm³/mol. The van der Waals surface area contributed by atoms with Gasteiger partial charge in [0, 0.05) is 16.5 Å². The summed E-state index contributed by atoms with van der Waals surface area (Å²) < 4.78 is 6.70. The van der Waals surface area contributed by atoms with Crippen molar-refractivity contribution in [3.05, 3.63) is 161 Å².